The van der Waals surface area contributed by atoms with Gasteiger partial charge in [-0.2, -0.15) is 22.2 Å². The smallest absolute Gasteiger partial charge is 0.326 e. The molecular formula is C22H20F3N3O4S. The third-order valence-corrected chi connectivity index (χ3v) is 7.87. The Kier molecular flexibility index (Phi) is 5.20. The average Bonchev–Trinajstić information content (AvgIpc) is 3.32. The van der Waals surface area contributed by atoms with Crippen LogP contribution in [-0.4, -0.2) is 47.7 Å². The standard InChI is InChI=1S/C22H20F3N3O4S/c23-22(24,25)21(29)32-28-19(15-3-4-15)13-18-17(9-10-26-20(18)28)14-5-7-16(8-6-14)33(30,31)27-11-1-2-12-27/h5-10,13,15H,1-4,11-12H2. The fourth-order valence-electron chi connectivity index (χ4n) is 4.12. The van der Waals surface area contributed by atoms with Gasteiger partial charge in [-0.05, 0) is 61.1 Å². The maximum absolute atomic E-state index is 12.8. The van der Waals surface area contributed by atoms with Crippen LogP contribution >= 0.6 is 0 Å². The lowest BCUT2D eigenvalue weighted by Gasteiger charge is -2.15. The summed E-state index contributed by atoms with van der Waals surface area (Å²) in [6, 6.07) is 9.75. The van der Waals surface area contributed by atoms with Gasteiger partial charge in [-0.1, -0.05) is 12.1 Å². The number of aromatic nitrogens is 2. The van der Waals surface area contributed by atoms with Crippen LogP contribution in [0.1, 0.15) is 37.3 Å². The highest BCUT2D eigenvalue weighted by molar-refractivity contribution is 7.89. The normalized spacial score (nSPS) is 17.5. The number of alkyl halides is 3. The molecular weight excluding hydrogens is 459 g/mol. The number of carbonyl (C=O) groups is 1. The molecule has 2 aromatic heterocycles. The Labute approximate surface area is 187 Å². The van der Waals surface area contributed by atoms with Gasteiger partial charge in [0.25, 0.3) is 0 Å². The predicted octanol–water partition coefficient (Wildman–Crippen LogP) is 3.88. The molecule has 0 N–H and O–H groups in total. The van der Waals surface area contributed by atoms with Crippen molar-refractivity contribution in [1.82, 2.24) is 14.0 Å². The van der Waals surface area contributed by atoms with Gasteiger partial charge >= 0.3 is 12.1 Å². The molecule has 174 valence electrons. The molecule has 7 nitrogen and oxygen atoms in total. The molecule has 0 unspecified atom stereocenters. The maximum atomic E-state index is 12.8. The summed E-state index contributed by atoms with van der Waals surface area (Å²) < 4.78 is 66.4. The Morgan fingerprint density at radius 3 is 2.33 bits per heavy atom. The van der Waals surface area contributed by atoms with Crippen molar-refractivity contribution in [2.24, 2.45) is 0 Å². The van der Waals surface area contributed by atoms with Crippen molar-refractivity contribution < 1.29 is 31.2 Å². The molecule has 1 saturated carbocycles. The minimum absolute atomic E-state index is 0.0129. The Hall–Kier alpha value is -2.92. The SMILES string of the molecule is O=C(On1c(C2CC2)cc2c(-c3ccc(S(=O)(=O)N4CCCC4)cc3)ccnc21)C(F)(F)F. The summed E-state index contributed by atoms with van der Waals surface area (Å²) in [6.07, 6.45) is -0.486. The van der Waals surface area contributed by atoms with E-state index in [1.165, 1.54) is 22.6 Å². The van der Waals surface area contributed by atoms with Crippen LogP contribution in [0, 0.1) is 0 Å². The van der Waals surface area contributed by atoms with Crippen molar-refractivity contribution in [2.45, 2.75) is 42.7 Å². The molecule has 0 amide bonds. The van der Waals surface area contributed by atoms with Gasteiger partial charge in [0.05, 0.1) is 10.6 Å². The monoisotopic (exact) mass is 479 g/mol. The second-order valence-electron chi connectivity index (χ2n) is 8.25. The number of halogens is 3. The van der Waals surface area contributed by atoms with Crippen LogP contribution in [-0.2, 0) is 14.8 Å². The minimum atomic E-state index is -5.13. The number of sulfonamides is 1. The van der Waals surface area contributed by atoms with Gasteiger partial charge in [-0.25, -0.2) is 18.2 Å². The first-order valence-electron chi connectivity index (χ1n) is 10.6. The number of fused-ring (bicyclic) bond motifs is 1. The minimum Gasteiger partial charge on any atom is -0.326 e. The van der Waals surface area contributed by atoms with Crippen molar-refractivity contribution in [3.63, 3.8) is 0 Å². The Balaban J connectivity index is 1.54. The van der Waals surface area contributed by atoms with Crippen LogP contribution in [0.25, 0.3) is 22.2 Å². The summed E-state index contributed by atoms with van der Waals surface area (Å²) in [4.78, 5) is 20.5. The van der Waals surface area contributed by atoms with E-state index in [1.54, 1.807) is 24.3 Å². The molecule has 1 aliphatic heterocycles. The molecule has 1 aliphatic carbocycles. The number of benzene rings is 1. The third kappa shape index (κ3) is 3.99. The third-order valence-electron chi connectivity index (χ3n) is 5.96. The van der Waals surface area contributed by atoms with Gasteiger partial charge < -0.3 is 4.84 Å². The van der Waals surface area contributed by atoms with Gasteiger partial charge in [0.2, 0.25) is 10.0 Å². The van der Waals surface area contributed by atoms with E-state index in [-0.39, 0.29) is 16.5 Å². The molecule has 1 saturated heterocycles. The van der Waals surface area contributed by atoms with Crippen LogP contribution in [0.2, 0.25) is 0 Å². The molecule has 11 heteroatoms. The number of hydrogen-bond acceptors (Lipinski definition) is 5. The van der Waals surface area contributed by atoms with E-state index >= 15 is 0 Å². The zero-order valence-corrected chi connectivity index (χ0v) is 18.2. The lowest BCUT2D eigenvalue weighted by Crippen LogP contribution is -2.34. The molecule has 0 spiro atoms. The number of nitrogens with zero attached hydrogens (tertiary/aromatic N) is 3. The van der Waals surface area contributed by atoms with E-state index < -0.39 is 22.2 Å². The van der Waals surface area contributed by atoms with E-state index in [0.29, 0.717) is 35.3 Å². The molecule has 3 heterocycles. The molecule has 0 radical (unpaired) electrons. The van der Waals surface area contributed by atoms with Crippen LogP contribution in [0.5, 0.6) is 0 Å². The molecule has 3 aromatic rings. The summed E-state index contributed by atoms with van der Waals surface area (Å²) in [5.74, 6) is -2.33. The van der Waals surface area contributed by atoms with Crippen LogP contribution < -0.4 is 4.84 Å². The van der Waals surface area contributed by atoms with E-state index in [1.807, 2.05) is 0 Å². The van der Waals surface area contributed by atoms with Crippen LogP contribution in [0.3, 0.4) is 0 Å². The maximum Gasteiger partial charge on any atom is 0.493 e. The van der Waals surface area contributed by atoms with Gasteiger partial charge in [-0.3, -0.25) is 0 Å². The van der Waals surface area contributed by atoms with Crippen molar-refractivity contribution >= 4 is 27.0 Å². The second kappa shape index (κ2) is 7.84. The van der Waals surface area contributed by atoms with E-state index in [2.05, 4.69) is 9.82 Å². The molecule has 2 aliphatic rings. The lowest BCUT2D eigenvalue weighted by molar-refractivity contribution is -0.199. The first-order chi connectivity index (χ1) is 15.7. The first-order valence-corrected chi connectivity index (χ1v) is 12.0. The summed E-state index contributed by atoms with van der Waals surface area (Å²) in [6.45, 7) is 1.01. The van der Waals surface area contributed by atoms with Crippen LogP contribution in [0.4, 0.5) is 13.2 Å². The fourth-order valence-corrected chi connectivity index (χ4v) is 5.64. The van der Waals surface area contributed by atoms with E-state index in [9.17, 15) is 26.4 Å². The fraction of sp³-hybridized carbons (Fsp3) is 0.364. The molecule has 33 heavy (non-hydrogen) atoms. The molecule has 2 fully saturated rings. The quantitative estimate of drug-likeness (QED) is 0.555. The van der Waals surface area contributed by atoms with Crippen molar-refractivity contribution in [1.29, 1.82) is 0 Å². The highest BCUT2D eigenvalue weighted by atomic mass is 32.2. The van der Waals surface area contributed by atoms with E-state index in [0.717, 1.165) is 30.4 Å². The van der Waals surface area contributed by atoms with Gasteiger partial charge in [0.1, 0.15) is 0 Å². The van der Waals surface area contributed by atoms with Gasteiger partial charge in [0, 0.05) is 30.6 Å². The topological polar surface area (TPSA) is 81.5 Å². The number of carbonyl (C=O) groups excluding carboxylic acids is 1. The van der Waals surface area contributed by atoms with Gasteiger partial charge in [0.15, 0.2) is 5.65 Å². The van der Waals surface area contributed by atoms with Crippen molar-refractivity contribution in [2.75, 3.05) is 13.1 Å². The molecule has 0 bridgehead atoms. The van der Waals surface area contributed by atoms with E-state index in [4.69, 9.17) is 0 Å². The molecule has 1 aromatic carbocycles. The summed E-state index contributed by atoms with van der Waals surface area (Å²) in [7, 11) is -3.56. The Morgan fingerprint density at radius 1 is 1.06 bits per heavy atom. The number of hydrogen-bond donors (Lipinski definition) is 0. The first kappa shape index (κ1) is 21.9. The Bertz CT molecular complexity index is 1320. The predicted molar refractivity (Wildman–Crippen MR) is 113 cm³/mol. The van der Waals surface area contributed by atoms with Crippen molar-refractivity contribution in [3.8, 4) is 11.1 Å². The molecule has 5 rings (SSSR count). The number of rotatable bonds is 5. The molecule has 0 atom stereocenters. The zero-order valence-electron chi connectivity index (χ0n) is 17.4. The zero-order chi connectivity index (χ0) is 23.4. The summed E-state index contributed by atoms with van der Waals surface area (Å²) >= 11 is 0. The van der Waals surface area contributed by atoms with Crippen molar-refractivity contribution in [3.05, 3.63) is 48.3 Å². The Morgan fingerprint density at radius 2 is 1.73 bits per heavy atom. The number of pyridine rings is 1. The largest absolute Gasteiger partial charge is 0.493 e. The summed E-state index contributed by atoms with van der Waals surface area (Å²) in [5, 5.41) is 0.518. The second-order valence-corrected chi connectivity index (χ2v) is 10.2. The highest BCUT2D eigenvalue weighted by Crippen LogP contribution is 2.43. The average molecular weight is 479 g/mol. The van der Waals surface area contributed by atoms with Crippen LogP contribution in [0.15, 0.2) is 47.5 Å². The lowest BCUT2D eigenvalue weighted by atomic mass is 10.0. The highest BCUT2D eigenvalue weighted by Gasteiger charge is 2.43. The van der Waals surface area contributed by atoms with Gasteiger partial charge in [-0.15, -0.1) is 0 Å². The summed E-state index contributed by atoms with van der Waals surface area (Å²) in [5.41, 5.74) is 1.87.